The summed E-state index contributed by atoms with van der Waals surface area (Å²) in [5, 5.41) is 4.52. The molecule has 0 spiro atoms. The third kappa shape index (κ3) is 2.73. The van der Waals surface area contributed by atoms with Gasteiger partial charge in [-0.25, -0.2) is 14.5 Å². The van der Waals surface area contributed by atoms with Gasteiger partial charge in [0.1, 0.15) is 11.5 Å². The van der Waals surface area contributed by atoms with E-state index in [1.165, 1.54) is 0 Å². The van der Waals surface area contributed by atoms with Crippen LogP contribution in [0, 0.1) is 0 Å². The van der Waals surface area contributed by atoms with Gasteiger partial charge in [-0.2, -0.15) is 5.10 Å². The fourth-order valence-corrected chi connectivity index (χ4v) is 3.09. The van der Waals surface area contributed by atoms with Gasteiger partial charge in [0.2, 0.25) is 0 Å². The first-order valence-corrected chi connectivity index (χ1v) is 8.18. The number of nitrogens with one attached hydrogen (secondary N) is 2. The summed E-state index contributed by atoms with van der Waals surface area (Å²) in [4.78, 5) is 46.2. The van der Waals surface area contributed by atoms with Crippen LogP contribution in [0.3, 0.4) is 0 Å². The zero-order chi connectivity index (χ0) is 18.3. The molecule has 4 rings (SSSR count). The first-order chi connectivity index (χ1) is 12.5. The highest BCUT2D eigenvalue weighted by atomic mass is 16.2. The highest BCUT2D eigenvalue weighted by Gasteiger charge is 2.31. The van der Waals surface area contributed by atoms with E-state index in [-0.39, 0.29) is 11.7 Å². The van der Waals surface area contributed by atoms with Gasteiger partial charge in [-0.3, -0.25) is 14.6 Å². The van der Waals surface area contributed by atoms with Crippen molar-refractivity contribution in [1.29, 1.82) is 0 Å². The molecule has 9 heteroatoms. The summed E-state index contributed by atoms with van der Waals surface area (Å²) in [6.45, 7) is 2.73. The Morgan fingerprint density at radius 2 is 1.92 bits per heavy atom. The van der Waals surface area contributed by atoms with Crippen LogP contribution in [-0.2, 0) is 6.54 Å². The normalized spacial score (nSPS) is 16.3. The van der Waals surface area contributed by atoms with Crippen molar-refractivity contribution in [1.82, 2.24) is 29.6 Å². The molecular formula is C17H16N6O3. The largest absolute Gasteiger partial charge is 0.326 e. The number of amides is 1. The lowest BCUT2D eigenvalue weighted by molar-refractivity contribution is 0.0624. The number of fused-ring (bicyclic) bond motifs is 1. The molecule has 1 amide bonds. The highest BCUT2D eigenvalue weighted by Crippen LogP contribution is 2.26. The minimum atomic E-state index is -0.708. The number of rotatable bonds is 2. The predicted molar refractivity (Wildman–Crippen MR) is 92.6 cm³/mol. The van der Waals surface area contributed by atoms with E-state index in [1.54, 1.807) is 9.58 Å². The fraction of sp³-hybridized carbons (Fsp3) is 0.235. The van der Waals surface area contributed by atoms with Crippen molar-refractivity contribution in [2.24, 2.45) is 0 Å². The summed E-state index contributed by atoms with van der Waals surface area (Å²) in [6.07, 6.45) is 0. The lowest BCUT2D eigenvalue weighted by atomic mass is 10.2. The van der Waals surface area contributed by atoms with Crippen LogP contribution in [0.5, 0.6) is 0 Å². The van der Waals surface area contributed by atoms with Gasteiger partial charge in [0, 0.05) is 18.2 Å². The Morgan fingerprint density at radius 3 is 2.65 bits per heavy atom. The second-order valence-corrected chi connectivity index (χ2v) is 6.06. The van der Waals surface area contributed by atoms with Crippen LogP contribution in [0.1, 0.15) is 29.3 Å². The summed E-state index contributed by atoms with van der Waals surface area (Å²) in [5.74, 6) is 0.846. The summed E-state index contributed by atoms with van der Waals surface area (Å²) in [5.41, 5.74) is -0.461. The minimum absolute atomic E-state index is 0.0400. The molecule has 3 aromatic rings. The molecular weight excluding hydrogens is 336 g/mol. The maximum Gasteiger partial charge on any atom is 0.326 e. The monoisotopic (exact) mass is 352 g/mol. The molecule has 9 nitrogen and oxygen atoms in total. The quantitative estimate of drug-likeness (QED) is 0.698. The van der Waals surface area contributed by atoms with E-state index >= 15 is 0 Å². The maximum absolute atomic E-state index is 12.7. The average Bonchev–Trinajstić information content (AvgIpc) is 3.07. The van der Waals surface area contributed by atoms with Crippen molar-refractivity contribution in [2.75, 3.05) is 6.54 Å². The van der Waals surface area contributed by atoms with Crippen LogP contribution in [0.15, 0.2) is 46.0 Å². The van der Waals surface area contributed by atoms with Crippen molar-refractivity contribution < 1.29 is 4.79 Å². The highest BCUT2D eigenvalue weighted by molar-refractivity contribution is 5.92. The number of carbonyl (C=O) groups excluding carboxylic acids is 1. The second-order valence-electron chi connectivity index (χ2n) is 6.06. The lowest BCUT2D eigenvalue weighted by Gasteiger charge is -2.32. The van der Waals surface area contributed by atoms with Crippen LogP contribution in [-0.4, -0.2) is 42.1 Å². The summed E-state index contributed by atoms with van der Waals surface area (Å²) >= 11 is 0. The predicted octanol–water partition coefficient (Wildman–Crippen LogP) is 0.539. The molecule has 1 aliphatic rings. The lowest BCUT2D eigenvalue weighted by Crippen LogP contribution is -2.42. The summed E-state index contributed by atoms with van der Waals surface area (Å²) < 4.78 is 1.79. The Kier molecular flexibility index (Phi) is 3.76. The molecule has 0 saturated heterocycles. The van der Waals surface area contributed by atoms with Gasteiger partial charge in [0.25, 0.3) is 11.5 Å². The van der Waals surface area contributed by atoms with E-state index in [9.17, 15) is 14.4 Å². The van der Waals surface area contributed by atoms with Gasteiger partial charge >= 0.3 is 5.69 Å². The van der Waals surface area contributed by atoms with Crippen molar-refractivity contribution in [3.8, 4) is 11.4 Å². The molecule has 0 fully saturated rings. The smallest absolute Gasteiger partial charge is 0.326 e. The SMILES string of the molecule is C[C@H]1c2nc(-c3ccccc3)nn2CCN1C(=O)c1cc(=O)[nH]c(=O)[nH]1. The van der Waals surface area contributed by atoms with E-state index in [4.69, 9.17) is 0 Å². The van der Waals surface area contributed by atoms with Crippen LogP contribution in [0.25, 0.3) is 11.4 Å². The van der Waals surface area contributed by atoms with Crippen molar-refractivity contribution in [3.05, 3.63) is 68.8 Å². The van der Waals surface area contributed by atoms with Crippen LogP contribution < -0.4 is 11.2 Å². The molecule has 0 radical (unpaired) electrons. The Balaban J connectivity index is 1.67. The van der Waals surface area contributed by atoms with Crippen molar-refractivity contribution in [3.63, 3.8) is 0 Å². The molecule has 2 N–H and O–H groups in total. The molecule has 0 bridgehead atoms. The van der Waals surface area contributed by atoms with Gasteiger partial charge in [0.05, 0.1) is 12.6 Å². The number of hydrogen-bond acceptors (Lipinski definition) is 5. The first kappa shape index (κ1) is 16.0. The van der Waals surface area contributed by atoms with Gasteiger partial charge in [0.15, 0.2) is 5.82 Å². The Bertz CT molecular complexity index is 1050. The number of H-pyrrole nitrogens is 2. The number of aromatic amines is 2. The van der Waals surface area contributed by atoms with E-state index in [0.29, 0.717) is 24.7 Å². The zero-order valence-corrected chi connectivity index (χ0v) is 14.0. The number of aromatic nitrogens is 5. The molecule has 1 atom stereocenters. The minimum Gasteiger partial charge on any atom is -0.326 e. The van der Waals surface area contributed by atoms with Crippen LogP contribution >= 0.6 is 0 Å². The summed E-state index contributed by atoms with van der Waals surface area (Å²) in [7, 11) is 0. The van der Waals surface area contributed by atoms with Crippen LogP contribution in [0.2, 0.25) is 0 Å². The van der Waals surface area contributed by atoms with E-state index in [0.717, 1.165) is 11.6 Å². The Labute approximate surface area is 147 Å². The number of hydrogen-bond donors (Lipinski definition) is 2. The van der Waals surface area contributed by atoms with Crippen LogP contribution in [0.4, 0.5) is 0 Å². The van der Waals surface area contributed by atoms with E-state index in [2.05, 4.69) is 20.1 Å². The number of carbonyl (C=O) groups is 1. The van der Waals surface area contributed by atoms with E-state index in [1.807, 2.05) is 37.3 Å². The molecule has 2 aromatic heterocycles. The molecule has 132 valence electrons. The fourth-order valence-electron chi connectivity index (χ4n) is 3.09. The Hall–Kier alpha value is -3.49. The Morgan fingerprint density at radius 1 is 1.15 bits per heavy atom. The molecule has 0 saturated carbocycles. The van der Waals surface area contributed by atoms with Crippen molar-refractivity contribution in [2.45, 2.75) is 19.5 Å². The molecule has 3 heterocycles. The van der Waals surface area contributed by atoms with E-state index < -0.39 is 17.2 Å². The number of benzene rings is 1. The standard InChI is InChI=1S/C17H16N6O3/c1-10-15-20-14(11-5-3-2-4-6-11)21-23(15)8-7-22(10)16(25)12-9-13(24)19-17(26)18-12/h2-6,9-10H,7-8H2,1H3,(H2,18,19,24,26)/t10-/m0/s1. The maximum atomic E-state index is 12.7. The van der Waals surface area contributed by atoms with Crippen molar-refractivity contribution >= 4 is 5.91 Å². The number of nitrogens with zero attached hydrogens (tertiary/aromatic N) is 4. The van der Waals surface area contributed by atoms with Gasteiger partial charge in [-0.15, -0.1) is 0 Å². The second kappa shape index (κ2) is 6.10. The van der Waals surface area contributed by atoms with Gasteiger partial charge < -0.3 is 9.88 Å². The first-order valence-electron chi connectivity index (χ1n) is 8.18. The summed E-state index contributed by atoms with van der Waals surface area (Å²) in [6, 6.07) is 10.3. The molecule has 0 aliphatic carbocycles. The zero-order valence-electron chi connectivity index (χ0n) is 14.0. The molecule has 26 heavy (non-hydrogen) atoms. The molecule has 0 unspecified atom stereocenters. The molecule has 1 aliphatic heterocycles. The molecule has 1 aromatic carbocycles. The van der Waals surface area contributed by atoms with Gasteiger partial charge in [-0.05, 0) is 6.92 Å². The topological polar surface area (TPSA) is 117 Å². The average molecular weight is 352 g/mol. The van der Waals surface area contributed by atoms with Gasteiger partial charge in [-0.1, -0.05) is 30.3 Å². The third-order valence-electron chi connectivity index (χ3n) is 4.38. The third-order valence-corrected chi connectivity index (χ3v) is 4.38.